The van der Waals surface area contributed by atoms with Crippen molar-refractivity contribution in [1.29, 1.82) is 0 Å². The van der Waals surface area contributed by atoms with Gasteiger partial charge in [-0.05, 0) is 30.7 Å². The Morgan fingerprint density at radius 1 is 0.944 bits per heavy atom. The molecular weight excluding hydrogens is 251 g/mol. The minimum absolute atomic E-state index is 0.289. The summed E-state index contributed by atoms with van der Waals surface area (Å²) in [5.41, 5.74) is 0.767. The van der Waals surface area contributed by atoms with Crippen LogP contribution in [0.5, 0.6) is 11.5 Å². The lowest BCUT2D eigenvalue weighted by molar-refractivity contribution is 0.290. The summed E-state index contributed by atoms with van der Waals surface area (Å²) >= 11 is 0. The number of phosphoric ester groups is 1. The molecule has 1 N–H and O–H groups in total. The Balaban J connectivity index is 2.13. The molecule has 0 aromatic heterocycles. The summed E-state index contributed by atoms with van der Waals surface area (Å²) in [6.07, 6.45) is 0. The zero-order valence-corrected chi connectivity index (χ0v) is 10.7. The molecule has 0 heterocycles. The normalized spacial score (nSPS) is 13.7. The molecule has 0 radical (unpaired) electrons. The molecule has 94 valence electrons. The molecule has 0 saturated heterocycles. The number of phosphoric acid groups is 1. The highest BCUT2D eigenvalue weighted by Gasteiger charge is 2.25. The maximum atomic E-state index is 11.8. The average Bonchev–Trinajstić information content (AvgIpc) is 2.32. The standard InChI is InChI=1S/C13H13O4P/c1-11-7-5-6-10-13(11)17-18(14,15)16-12-8-3-2-4-9-12/h2-10H,1H3,(H,14,15). The summed E-state index contributed by atoms with van der Waals surface area (Å²) in [5.74, 6) is 0.621. The van der Waals surface area contributed by atoms with Gasteiger partial charge in [-0.15, -0.1) is 0 Å². The molecule has 18 heavy (non-hydrogen) atoms. The second-order valence-corrected chi connectivity index (χ2v) is 5.03. The van der Waals surface area contributed by atoms with Crippen LogP contribution in [0.1, 0.15) is 5.56 Å². The van der Waals surface area contributed by atoms with E-state index < -0.39 is 7.82 Å². The Bertz CT molecular complexity index is 568. The Labute approximate surface area is 105 Å². The van der Waals surface area contributed by atoms with Crippen LogP contribution in [-0.4, -0.2) is 4.89 Å². The summed E-state index contributed by atoms with van der Waals surface area (Å²) < 4.78 is 21.8. The maximum absolute atomic E-state index is 11.8. The first-order valence-corrected chi connectivity index (χ1v) is 6.89. The Morgan fingerprint density at radius 2 is 1.56 bits per heavy atom. The number of para-hydroxylation sites is 2. The Morgan fingerprint density at radius 3 is 2.22 bits per heavy atom. The molecule has 1 atom stereocenters. The van der Waals surface area contributed by atoms with Crippen LogP contribution in [0.2, 0.25) is 0 Å². The molecule has 4 nitrogen and oxygen atoms in total. The van der Waals surface area contributed by atoms with Gasteiger partial charge >= 0.3 is 7.82 Å². The average molecular weight is 264 g/mol. The fourth-order valence-corrected chi connectivity index (χ4v) is 2.30. The Kier molecular flexibility index (Phi) is 3.70. The summed E-state index contributed by atoms with van der Waals surface area (Å²) in [7, 11) is -4.16. The number of rotatable bonds is 4. The van der Waals surface area contributed by atoms with E-state index in [1.807, 2.05) is 6.07 Å². The minimum Gasteiger partial charge on any atom is -0.395 e. The van der Waals surface area contributed by atoms with E-state index >= 15 is 0 Å². The van der Waals surface area contributed by atoms with Crippen LogP contribution in [-0.2, 0) is 4.57 Å². The predicted molar refractivity (Wildman–Crippen MR) is 68.7 cm³/mol. The van der Waals surface area contributed by atoms with Crippen LogP contribution in [0.15, 0.2) is 54.6 Å². The summed E-state index contributed by atoms with van der Waals surface area (Å²) in [6, 6.07) is 15.3. The lowest BCUT2D eigenvalue weighted by Gasteiger charge is -2.14. The van der Waals surface area contributed by atoms with Gasteiger partial charge in [0.05, 0.1) is 0 Å². The van der Waals surface area contributed by atoms with Gasteiger partial charge in [0.2, 0.25) is 0 Å². The van der Waals surface area contributed by atoms with Crippen LogP contribution in [0.25, 0.3) is 0 Å². The van der Waals surface area contributed by atoms with Gasteiger partial charge in [0, 0.05) is 0 Å². The fraction of sp³-hybridized carbons (Fsp3) is 0.0769. The highest BCUT2D eigenvalue weighted by atomic mass is 31.2. The maximum Gasteiger partial charge on any atom is 0.584 e. The predicted octanol–water partition coefficient (Wildman–Crippen LogP) is 3.55. The van der Waals surface area contributed by atoms with Crippen molar-refractivity contribution in [3.8, 4) is 11.5 Å². The molecule has 0 aliphatic rings. The van der Waals surface area contributed by atoms with E-state index in [9.17, 15) is 9.46 Å². The molecule has 0 amide bonds. The molecule has 2 aromatic rings. The van der Waals surface area contributed by atoms with Crippen molar-refractivity contribution in [2.75, 3.05) is 0 Å². The summed E-state index contributed by atoms with van der Waals surface area (Å²) in [6.45, 7) is 1.79. The van der Waals surface area contributed by atoms with Gasteiger partial charge in [-0.25, -0.2) is 4.57 Å². The van der Waals surface area contributed by atoms with Crippen LogP contribution in [0.4, 0.5) is 0 Å². The van der Waals surface area contributed by atoms with Crippen LogP contribution >= 0.6 is 7.82 Å². The topological polar surface area (TPSA) is 55.8 Å². The lowest BCUT2D eigenvalue weighted by Crippen LogP contribution is -2.00. The minimum atomic E-state index is -4.16. The van der Waals surface area contributed by atoms with E-state index in [1.165, 1.54) is 0 Å². The first-order valence-electron chi connectivity index (χ1n) is 5.39. The molecule has 0 aliphatic heterocycles. The van der Waals surface area contributed by atoms with Gasteiger partial charge < -0.3 is 9.05 Å². The van der Waals surface area contributed by atoms with E-state index in [0.717, 1.165) is 5.56 Å². The van der Waals surface area contributed by atoms with E-state index in [-0.39, 0.29) is 5.75 Å². The molecule has 5 heteroatoms. The van der Waals surface area contributed by atoms with Crippen LogP contribution in [0, 0.1) is 6.92 Å². The number of hydrogen-bond acceptors (Lipinski definition) is 3. The molecule has 2 aromatic carbocycles. The van der Waals surface area contributed by atoms with Crippen molar-refractivity contribution in [3.05, 3.63) is 60.2 Å². The van der Waals surface area contributed by atoms with Gasteiger partial charge in [0.15, 0.2) is 0 Å². The second kappa shape index (κ2) is 5.25. The lowest BCUT2D eigenvalue weighted by atomic mass is 10.2. The molecule has 0 aliphatic carbocycles. The van der Waals surface area contributed by atoms with Crippen molar-refractivity contribution in [3.63, 3.8) is 0 Å². The quantitative estimate of drug-likeness (QED) is 0.858. The van der Waals surface area contributed by atoms with Crippen molar-refractivity contribution < 1.29 is 18.5 Å². The largest absolute Gasteiger partial charge is 0.584 e. The van der Waals surface area contributed by atoms with E-state index in [4.69, 9.17) is 9.05 Å². The molecule has 2 rings (SSSR count). The second-order valence-electron chi connectivity index (χ2n) is 3.73. The van der Waals surface area contributed by atoms with Crippen molar-refractivity contribution in [2.24, 2.45) is 0 Å². The van der Waals surface area contributed by atoms with E-state index in [2.05, 4.69) is 0 Å². The Hall–Kier alpha value is -1.77. The van der Waals surface area contributed by atoms with Gasteiger partial charge in [-0.1, -0.05) is 36.4 Å². The summed E-state index contributed by atoms with van der Waals surface area (Å²) in [5, 5.41) is 0. The van der Waals surface area contributed by atoms with Gasteiger partial charge in [0.25, 0.3) is 0 Å². The highest BCUT2D eigenvalue weighted by molar-refractivity contribution is 7.48. The molecule has 1 unspecified atom stereocenters. The first kappa shape index (κ1) is 12.7. The zero-order chi connectivity index (χ0) is 13.0. The molecule has 0 bridgehead atoms. The van der Waals surface area contributed by atoms with E-state index in [1.54, 1.807) is 55.5 Å². The summed E-state index contributed by atoms with van der Waals surface area (Å²) in [4.78, 5) is 9.66. The monoisotopic (exact) mass is 264 g/mol. The van der Waals surface area contributed by atoms with Gasteiger partial charge in [0.1, 0.15) is 11.5 Å². The van der Waals surface area contributed by atoms with Crippen molar-refractivity contribution >= 4 is 7.82 Å². The van der Waals surface area contributed by atoms with Gasteiger partial charge in [-0.2, -0.15) is 0 Å². The van der Waals surface area contributed by atoms with Crippen molar-refractivity contribution in [2.45, 2.75) is 6.92 Å². The number of benzene rings is 2. The first-order chi connectivity index (χ1) is 8.57. The number of aryl methyl sites for hydroxylation is 1. The third-order valence-electron chi connectivity index (χ3n) is 2.27. The highest BCUT2D eigenvalue weighted by Crippen LogP contribution is 2.44. The van der Waals surface area contributed by atoms with Crippen molar-refractivity contribution in [1.82, 2.24) is 0 Å². The fourth-order valence-electron chi connectivity index (χ4n) is 1.42. The molecule has 0 fully saturated rings. The molecular formula is C13H13O4P. The smallest absolute Gasteiger partial charge is 0.395 e. The van der Waals surface area contributed by atoms with E-state index in [0.29, 0.717) is 5.75 Å². The molecule has 0 saturated carbocycles. The SMILES string of the molecule is Cc1ccccc1OP(=O)(O)Oc1ccccc1. The third kappa shape index (κ3) is 3.36. The zero-order valence-electron chi connectivity index (χ0n) is 9.82. The molecule has 0 spiro atoms. The van der Waals surface area contributed by atoms with Crippen LogP contribution < -0.4 is 9.05 Å². The van der Waals surface area contributed by atoms with Gasteiger partial charge in [-0.3, -0.25) is 4.89 Å². The van der Waals surface area contributed by atoms with Crippen LogP contribution in [0.3, 0.4) is 0 Å². The number of hydrogen-bond donors (Lipinski definition) is 1. The third-order valence-corrected chi connectivity index (χ3v) is 3.14.